The van der Waals surface area contributed by atoms with Crippen LogP contribution in [0.4, 0.5) is 0 Å². The molecule has 0 bridgehead atoms. The smallest absolute Gasteiger partial charge is 0.132 e. The summed E-state index contributed by atoms with van der Waals surface area (Å²) in [6, 6.07) is 15.8. The predicted octanol–water partition coefficient (Wildman–Crippen LogP) is 4.55. The lowest BCUT2D eigenvalue weighted by molar-refractivity contribution is 0.266. The number of rotatable bonds is 9. The van der Waals surface area contributed by atoms with Gasteiger partial charge in [-0.05, 0) is 56.0 Å². The van der Waals surface area contributed by atoms with Gasteiger partial charge >= 0.3 is 0 Å². The number of hydrogen-bond acceptors (Lipinski definition) is 4. The first kappa shape index (κ1) is 19.8. The van der Waals surface area contributed by atoms with E-state index in [1.807, 2.05) is 0 Å². The molecule has 0 aliphatic heterocycles. The molecule has 0 saturated heterocycles. The number of hydrogen-bond donors (Lipinski definition) is 1. The maximum absolute atomic E-state index is 5.46. The minimum atomic E-state index is 0.556. The minimum absolute atomic E-state index is 0.556. The molecule has 0 fully saturated rings. The van der Waals surface area contributed by atoms with Crippen LogP contribution in [0.2, 0.25) is 0 Å². The third kappa shape index (κ3) is 6.07. The number of nitrogens with one attached hydrogen (secondary N) is 1. The molecular weight excluding hydrogens is 328 g/mol. The summed E-state index contributed by atoms with van der Waals surface area (Å²) in [6.45, 7) is 7.13. The Kier molecular flexibility index (Phi) is 7.82. The monoisotopic (exact) mass is 358 g/mol. The van der Waals surface area contributed by atoms with Gasteiger partial charge in [0.25, 0.3) is 0 Å². The summed E-state index contributed by atoms with van der Waals surface area (Å²) >= 11 is 1.71. The first-order valence-electron chi connectivity index (χ1n) is 8.73. The normalized spacial score (nSPS) is 11.3. The fourth-order valence-corrected chi connectivity index (χ4v) is 3.20. The molecule has 0 saturated carbocycles. The Balaban J connectivity index is 1.91. The van der Waals surface area contributed by atoms with Gasteiger partial charge in [-0.25, -0.2) is 0 Å². The molecule has 25 heavy (non-hydrogen) atoms. The highest BCUT2D eigenvalue weighted by Gasteiger charge is 2.06. The van der Waals surface area contributed by atoms with E-state index in [9.17, 15) is 0 Å². The highest BCUT2D eigenvalue weighted by atomic mass is 32.2. The number of benzene rings is 2. The van der Waals surface area contributed by atoms with Gasteiger partial charge in [0.15, 0.2) is 0 Å². The Labute approximate surface area is 156 Å². The van der Waals surface area contributed by atoms with E-state index in [4.69, 9.17) is 4.74 Å². The Hall–Kier alpha value is -1.49. The van der Waals surface area contributed by atoms with Gasteiger partial charge in [0.2, 0.25) is 0 Å². The van der Waals surface area contributed by atoms with Crippen LogP contribution in [0.15, 0.2) is 47.4 Å². The Morgan fingerprint density at radius 3 is 2.36 bits per heavy atom. The quantitative estimate of drug-likeness (QED) is 0.665. The fraction of sp³-hybridized carbons (Fsp3) is 0.429. The molecule has 0 amide bonds. The Bertz CT molecular complexity index is 673. The van der Waals surface area contributed by atoms with Crippen LogP contribution in [0.5, 0.6) is 5.75 Å². The van der Waals surface area contributed by atoms with Gasteiger partial charge in [-0.15, -0.1) is 11.8 Å². The summed E-state index contributed by atoms with van der Waals surface area (Å²) in [4.78, 5) is 3.53. The molecule has 2 aromatic carbocycles. The van der Waals surface area contributed by atoms with Crippen molar-refractivity contribution < 1.29 is 4.74 Å². The van der Waals surface area contributed by atoms with Crippen LogP contribution < -0.4 is 10.1 Å². The fourth-order valence-electron chi connectivity index (χ4n) is 2.65. The second kappa shape index (κ2) is 9.85. The van der Waals surface area contributed by atoms with Gasteiger partial charge in [-0.2, -0.15) is 0 Å². The summed E-state index contributed by atoms with van der Waals surface area (Å²) in [7, 11) is 3.90. The van der Waals surface area contributed by atoms with E-state index < -0.39 is 0 Å². The lowest BCUT2D eigenvalue weighted by Gasteiger charge is -2.21. The standard InChI is InChI=1S/C21H30N2OS/c1-16(2)23(3)15-19-8-6-7-17(11-19)13-22-14-18-9-10-21(25-5)20(12-18)24-4/h6-12,16,22H,13-15H2,1-5H3. The molecule has 0 spiro atoms. The summed E-state index contributed by atoms with van der Waals surface area (Å²) in [5, 5.41) is 3.53. The summed E-state index contributed by atoms with van der Waals surface area (Å²) in [5.74, 6) is 0.950. The first-order chi connectivity index (χ1) is 12.0. The molecule has 2 aromatic rings. The van der Waals surface area contributed by atoms with Crippen molar-refractivity contribution in [3.63, 3.8) is 0 Å². The Morgan fingerprint density at radius 2 is 1.72 bits per heavy atom. The lowest BCUT2D eigenvalue weighted by Crippen LogP contribution is -2.25. The van der Waals surface area contributed by atoms with E-state index in [0.717, 1.165) is 25.4 Å². The summed E-state index contributed by atoms with van der Waals surface area (Å²) in [5.41, 5.74) is 3.93. The number of nitrogens with zero attached hydrogens (tertiary/aromatic N) is 1. The van der Waals surface area contributed by atoms with E-state index in [0.29, 0.717) is 6.04 Å². The van der Waals surface area contributed by atoms with E-state index >= 15 is 0 Å². The third-order valence-corrected chi connectivity index (χ3v) is 5.19. The summed E-state index contributed by atoms with van der Waals surface area (Å²) in [6.07, 6.45) is 2.07. The van der Waals surface area contributed by atoms with Crippen LogP contribution in [0.25, 0.3) is 0 Å². The minimum Gasteiger partial charge on any atom is -0.496 e. The molecule has 2 rings (SSSR count). The van der Waals surface area contributed by atoms with Crippen LogP contribution in [0.3, 0.4) is 0 Å². The van der Waals surface area contributed by atoms with E-state index in [1.54, 1.807) is 18.9 Å². The highest BCUT2D eigenvalue weighted by molar-refractivity contribution is 7.98. The second-order valence-corrected chi connectivity index (χ2v) is 7.47. The summed E-state index contributed by atoms with van der Waals surface area (Å²) < 4.78 is 5.46. The molecule has 3 nitrogen and oxygen atoms in total. The van der Waals surface area contributed by atoms with Gasteiger partial charge in [0.1, 0.15) is 5.75 Å². The first-order valence-corrected chi connectivity index (χ1v) is 9.95. The molecule has 0 atom stereocenters. The molecule has 0 heterocycles. The molecule has 0 radical (unpaired) electrons. The average Bonchev–Trinajstić information content (AvgIpc) is 2.61. The number of thioether (sulfide) groups is 1. The van der Waals surface area contributed by atoms with Crippen molar-refractivity contribution in [2.75, 3.05) is 20.4 Å². The maximum atomic E-state index is 5.46. The van der Waals surface area contributed by atoms with Crippen molar-refractivity contribution in [3.05, 3.63) is 59.2 Å². The van der Waals surface area contributed by atoms with E-state index in [2.05, 4.69) is 79.8 Å². The Morgan fingerprint density at radius 1 is 1.04 bits per heavy atom. The molecule has 0 aliphatic rings. The zero-order chi connectivity index (χ0) is 18.2. The van der Waals surface area contributed by atoms with Gasteiger partial charge in [-0.1, -0.05) is 30.3 Å². The molecular formula is C21H30N2OS. The van der Waals surface area contributed by atoms with Crippen molar-refractivity contribution in [1.29, 1.82) is 0 Å². The van der Waals surface area contributed by atoms with Crippen molar-refractivity contribution in [1.82, 2.24) is 10.2 Å². The van der Waals surface area contributed by atoms with Crippen LogP contribution in [-0.4, -0.2) is 31.4 Å². The number of ether oxygens (including phenoxy) is 1. The predicted molar refractivity (Wildman–Crippen MR) is 108 cm³/mol. The van der Waals surface area contributed by atoms with Gasteiger partial charge in [-0.3, -0.25) is 4.90 Å². The maximum Gasteiger partial charge on any atom is 0.132 e. The molecule has 0 unspecified atom stereocenters. The zero-order valence-corrected chi connectivity index (χ0v) is 16.8. The highest BCUT2D eigenvalue weighted by Crippen LogP contribution is 2.28. The lowest BCUT2D eigenvalue weighted by atomic mass is 10.1. The zero-order valence-electron chi connectivity index (χ0n) is 16.0. The largest absolute Gasteiger partial charge is 0.496 e. The van der Waals surface area contributed by atoms with E-state index in [-0.39, 0.29) is 0 Å². The van der Waals surface area contributed by atoms with Crippen LogP contribution in [0, 0.1) is 0 Å². The van der Waals surface area contributed by atoms with Gasteiger partial charge < -0.3 is 10.1 Å². The van der Waals surface area contributed by atoms with Crippen LogP contribution in [0.1, 0.15) is 30.5 Å². The van der Waals surface area contributed by atoms with Gasteiger partial charge in [0, 0.05) is 30.6 Å². The topological polar surface area (TPSA) is 24.5 Å². The molecule has 1 N–H and O–H groups in total. The average molecular weight is 359 g/mol. The van der Waals surface area contributed by atoms with Crippen LogP contribution >= 0.6 is 11.8 Å². The second-order valence-electron chi connectivity index (χ2n) is 6.62. The molecule has 0 aliphatic carbocycles. The van der Waals surface area contributed by atoms with Gasteiger partial charge in [0.05, 0.1) is 7.11 Å². The van der Waals surface area contributed by atoms with Crippen molar-refractivity contribution in [2.45, 2.75) is 44.4 Å². The third-order valence-electron chi connectivity index (χ3n) is 4.41. The molecule has 136 valence electrons. The number of methoxy groups -OCH3 is 1. The molecule has 4 heteroatoms. The van der Waals surface area contributed by atoms with Crippen molar-refractivity contribution in [2.24, 2.45) is 0 Å². The van der Waals surface area contributed by atoms with Crippen molar-refractivity contribution >= 4 is 11.8 Å². The van der Waals surface area contributed by atoms with Crippen molar-refractivity contribution in [3.8, 4) is 5.75 Å². The van der Waals surface area contributed by atoms with E-state index in [1.165, 1.54) is 21.6 Å². The molecule has 0 aromatic heterocycles. The van der Waals surface area contributed by atoms with Crippen LogP contribution in [-0.2, 0) is 19.6 Å². The SMILES string of the molecule is COc1cc(CNCc2cccc(CN(C)C(C)C)c2)ccc1SC.